The van der Waals surface area contributed by atoms with E-state index in [1.165, 1.54) is 18.5 Å². The molecule has 0 aromatic carbocycles. The zero-order valence-corrected chi connectivity index (χ0v) is 9.60. The summed E-state index contributed by atoms with van der Waals surface area (Å²) in [5.74, 6) is 1.91. The maximum atomic E-state index is 4.48. The third-order valence-electron chi connectivity index (χ3n) is 2.45. The van der Waals surface area contributed by atoms with Gasteiger partial charge in [0.2, 0.25) is 0 Å². The molecule has 2 rings (SSSR count). The van der Waals surface area contributed by atoms with Crippen LogP contribution < -0.4 is 5.32 Å². The summed E-state index contributed by atoms with van der Waals surface area (Å²) in [7, 11) is 2.00. The Balaban J connectivity index is 0.000000980. The molecule has 0 bridgehead atoms. The van der Waals surface area contributed by atoms with Gasteiger partial charge >= 0.3 is 0 Å². The highest BCUT2D eigenvalue weighted by Crippen LogP contribution is 2.39. The summed E-state index contributed by atoms with van der Waals surface area (Å²) in [6, 6.07) is 2.19. The van der Waals surface area contributed by atoms with Crippen LogP contribution in [0.1, 0.15) is 37.8 Å². The Bertz CT molecular complexity index is 292. The van der Waals surface area contributed by atoms with E-state index in [-0.39, 0.29) is 12.4 Å². The first-order valence-electron chi connectivity index (χ1n) is 5.09. The number of anilines is 1. The van der Waals surface area contributed by atoms with Crippen LogP contribution in [0.25, 0.3) is 0 Å². The molecule has 80 valence electrons. The first-order chi connectivity index (χ1) is 6.31. The van der Waals surface area contributed by atoms with E-state index in [0.29, 0.717) is 0 Å². The molecule has 1 N–H and O–H groups in total. The summed E-state index contributed by atoms with van der Waals surface area (Å²) < 4.78 is 1.95. The highest BCUT2D eigenvalue weighted by atomic mass is 35.5. The Morgan fingerprint density at radius 1 is 1.57 bits per heavy atom. The maximum absolute atomic E-state index is 4.48. The molecular formula is C10H18ClN3. The Labute approximate surface area is 91.3 Å². The lowest BCUT2D eigenvalue weighted by Gasteiger charge is -2.02. The molecule has 0 saturated heterocycles. The van der Waals surface area contributed by atoms with Crippen LogP contribution in [0.4, 0.5) is 5.82 Å². The third-order valence-corrected chi connectivity index (χ3v) is 2.45. The Morgan fingerprint density at radius 2 is 2.29 bits per heavy atom. The predicted molar refractivity (Wildman–Crippen MR) is 61.2 cm³/mol. The van der Waals surface area contributed by atoms with E-state index in [2.05, 4.69) is 23.4 Å². The van der Waals surface area contributed by atoms with Gasteiger partial charge in [0.15, 0.2) is 0 Å². The van der Waals surface area contributed by atoms with Crippen LogP contribution in [0.2, 0.25) is 0 Å². The molecule has 1 heterocycles. The van der Waals surface area contributed by atoms with Crippen molar-refractivity contribution in [1.29, 1.82) is 0 Å². The van der Waals surface area contributed by atoms with Gasteiger partial charge in [-0.15, -0.1) is 12.4 Å². The van der Waals surface area contributed by atoms with Crippen LogP contribution in [0.5, 0.6) is 0 Å². The molecule has 1 aromatic rings. The molecule has 0 spiro atoms. The molecule has 1 aliphatic rings. The molecule has 3 nitrogen and oxygen atoms in total. The summed E-state index contributed by atoms with van der Waals surface area (Å²) in [4.78, 5) is 0. The first-order valence-corrected chi connectivity index (χ1v) is 5.09. The summed E-state index contributed by atoms with van der Waals surface area (Å²) in [6.07, 6.45) is 3.80. The van der Waals surface area contributed by atoms with Gasteiger partial charge in [-0.3, -0.25) is 4.68 Å². The summed E-state index contributed by atoms with van der Waals surface area (Å²) >= 11 is 0. The molecule has 1 aliphatic carbocycles. The molecule has 4 heteroatoms. The van der Waals surface area contributed by atoms with E-state index in [4.69, 9.17) is 0 Å². The van der Waals surface area contributed by atoms with Crippen LogP contribution in [0.15, 0.2) is 6.07 Å². The highest BCUT2D eigenvalue weighted by Gasteiger charge is 2.26. The van der Waals surface area contributed by atoms with Crippen LogP contribution in [0, 0.1) is 0 Å². The standard InChI is InChI=1S/C10H17N3.ClH/c1-3-6-11-10-7-9(8-4-5-8)12-13(10)2;/h7-8,11H,3-6H2,1-2H3;1H. The molecule has 0 atom stereocenters. The van der Waals surface area contributed by atoms with Gasteiger partial charge < -0.3 is 5.32 Å². The number of halogens is 1. The van der Waals surface area contributed by atoms with E-state index in [1.54, 1.807) is 0 Å². The van der Waals surface area contributed by atoms with Gasteiger partial charge in [0, 0.05) is 25.6 Å². The Morgan fingerprint density at radius 3 is 2.86 bits per heavy atom. The number of hydrogen-bond acceptors (Lipinski definition) is 2. The minimum Gasteiger partial charge on any atom is -0.370 e. The van der Waals surface area contributed by atoms with Crippen molar-refractivity contribution in [3.63, 3.8) is 0 Å². The summed E-state index contributed by atoms with van der Waals surface area (Å²) in [6.45, 7) is 3.20. The largest absolute Gasteiger partial charge is 0.370 e. The number of aromatic nitrogens is 2. The number of hydrogen-bond donors (Lipinski definition) is 1. The smallest absolute Gasteiger partial charge is 0.124 e. The van der Waals surface area contributed by atoms with Gasteiger partial charge in [-0.1, -0.05) is 6.92 Å². The molecule has 0 aliphatic heterocycles. The van der Waals surface area contributed by atoms with Gasteiger partial charge in [-0.25, -0.2) is 0 Å². The zero-order chi connectivity index (χ0) is 9.26. The van der Waals surface area contributed by atoms with Gasteiger partial charge in [-0.2, -0.15) is 5.10 Å². The van der Waals surface area contributed by atoms with Gasteiger partial charge in [0.1, 0.15) is 5.82 Å². The van der Waals surface area contributed by atoms with E-state index in [0.717, 1.165) is 24.7 Å². The fraction of sp³-hybridized carbons (Fsp3) is 0.700. The van der Waals surface area contributed by atoms with Crippen molar-refractivity contribution in [2.75, 3.05) is 11.9 Å². The molecule has 1 fully saturated rings. The number of nitrogens with zero attached hydrogens (tertiary/aromatic N) is 2. The molecule has 0 amide bonds. The number of aryl methyl sites for hydroxylation is 1. The van der Waals surface area contributed by atoms with Crippen molar-refractivity contribution in [2.24, 2.45) is 7.05 Å². The van der Waals surface area contributed by atoms with Crippen molar-refractivity contribution in [3.05, 3.63) is 11.8 Å². The lowest BCUT2D eigenvalue weighted by molar-refractivity contribution is 0.744. The normalized spacial score (nSPS) is 15.0. The summed E-state index contributed by atoms with van der Waals surface area (Å²) in [5.41, 5.74) is 1.26. The minimum absolute atomic E-state index is 0. The Kier molecular flexibility index (Phi) is 3.81. The van der Waals surface area contributed by atoms with Crippen molar-refractivity contribution < 1.29 is 0 Å². The second-order valence-corrected chi connectivity index (χ2v) is 3.78. The molecule has 0 unspecified atom stereocenters. The molecular weight excluding hydrogens is 198 g/mol. The zero-order valence-electron chi connectivity index (χ0n) is 8.79. The predicted octanol–water partition coefficient (Wildman–Crippen LogP) is 2.54. The quantitative estimate of drug-likeness (QED) is 0.837. The maximum Gasteiger partial charge on any atom is 0.124 e. The lowest BCUT2D eigenvalue weighted by Crippen LogP contribution is -2.04. The van der Waals surface area contributed by atoms with Crippen LogP contribution in [-0.2, 0) is 7.05 Å². The second-order valence-electron chi connectivity index (χ2n) is 3.78. The number of rotatable bonds is 4. The van der Waals surface area contributed by atoms with Gasteiger partial charge in [-0.05, 0) is 19.3 Å². The van der Waals surface area contributed by atoms with Crippen LogP contribution in [-0.4, -0.2) is 16.3 Å². The van der Waals surface area contributed by atoms with E-state index in [1.807, 2.05) is 11.7 Å². The van der Waals surface area contributed by atoms with E-state index < -0.39 is 0 Å². The SMILES string of the molecule is CCCNc1cc(C2CC2)nn1C.Cl. The van der Waals surface area contributed by atoms with Crippen LogP contribution >= 0.6 is 12.4 Å². The highest BCUT2D eigenvalue weighted by molar-refractivity contribution is 5.85. The molecule has 0 radical (unpaired) electrons. The van der Waals surface area contributed by atoms with Crippen molar-refractivity contribution >= 4 is 18.2 Å². The van der Waals surface area contributed by atoms with Crippen LogP contribution in [0.3, 0.4) is 0 Å². The molecule has 1 aromatic heterocycles. The summed E-state index contributed by atoms with van der Waals surface area (Å²) in [5, 5.41) is 7.85. The average molecular weight is 216 g/mol. The minimum atomic E-state index is 0. The second kappa shape index (κ2) is 4.69. The van der Waals surface area contributed by atoms with E-state index >= 15 is 0 Å². The van der Waals surface area contributed by atoms with Gasteiger partial charge in [0.25, 0.3) is 0 Å². The van der Waals surface area contributed by atoms with E-state index in [9.17, 15) is 0 Å². The first kappa shape index (κ1) is 11.4. The topological polar surface area (TPSA) is 29.9 Å². The van der Waals surface area contributed by atoms with Crippen molar-refractivity contribution in [1.82, 2.24) is 9.78 Å². The fourth-order valence-electron chi connectivity index (χ4n) is 1.49. The monoisotopic (exact) mass is 215 g/mol. The Hall–Kier alpha value is -0.700. The van der Waals surface area contributed by atoms with Crippen molar-refractivity contribution in [2.45, 2.75) is 32.1 Å². The molecule has 14 heavy (non-hydrogen) atoms. The molecule has 1 saturated carbocycles. The van der Waals surface area contributed by atoms with Gasteiger partial charge in [0.05, 0.1) is 5.69 Å². The fourth-order valence-corrected chi connectivity index (χ4v) is 1.49. The third kappa shape index (κ3) is 2.41. The van der Waals surface area contributed by atoms with Crippen molar-refractivity contribution in [3.8, 4) is 0 Å². The lowest BCUT2D eigenvalue weighted by atomic mass is 10.3. The number of nitrogens with one attached hydrogen (secondary N) is 1. The average Bonchev–Trinajstić information content (AvgIpc) is 2.89.